The van der Waals surface area contributed by atoms with Gasteiger partial charge in [0.1, 0.15) is 0 Å². The number of nitrogens with zero attached hydrogens (tertiary/aromatic N) is 3. The fourth-order valence-corrected chi connectivity index (χ4v) is 3.73. The van der Waals surface area contributed by atoms with Gasteiger partial charge in [-0.1, -0.05) is 29.8 Å². The summed E-state index contributed by atoms with van der Waals surface area (Å²) in [6, 6.07) is 13.0. The van der Waals surface area contributed by atoms with E-state index in [0.717, 1.165) is 31.5 Å². The fourth-order valence-electron chi connectivity index (χ4n) is 3.52. The van der Waals surface area contributed by atoms with Crippen molar-refractivity contribution in [3.63, 3.8) is 0 Å². The summed E-state index contributed by atoms with van der Waals surface area (Å²) in [6.07, 6.45) is 4.44. The Morgan fingerprint density at radius 3 is 2.71 bits per heavy atom. The number of pyridine rings is 1. The predicted molar refractivity (Wildman–Crippen MR) is 108 cm³/mol. The highest BCUT2D eigenvalue weighted by atomic mass is 35.5. The van der Waals surface area contributed by atoms with Crippen LogP contribution in [0.5, 0.6) is 0 Å². The lowest BCUT2D eigenvalue weighted by atomic mass is 10.1. The van der Waals surface area contributed by atoms with Crippen LogP contribution < -0.4 is 5.32 Å². The van der Waals surface area contributed by atoms with Gasteiger partial charge in [-0.3, -0.25) is 14.0 Å². The van der Waals surface area contributed by atoms with Gasteiger partial charge in [0.05, 0.1) is 5.52 Å². The van der Waals surface area contributed by atoms with Gasteiger partial charge < -0.3 is 10.2 Å². The SMILES string of the molecule is O=C(NCCc1cccc(Cl)c1)c1nc(C(=O)N2CCCC2)c2ccccn12. The molecule has 0 radical (unpaired) electrons. The minimum Gasteiger partial charge on any atom is -0.349 e. The van der Waals surface area contributed by atoms with Crippen molar-refractivity contribution in [1.29, 1.82) is 0 Å². The molecular formula is C21H21ClN4O2. The molecule has 6 nitrogen and oxygen atoms in total. The molecule has 0 unspecified atom stereocenters. The Bertz CT molecular complexity index is 1020. The smallest absolute Gasteiger partial charge is 0.287 e. The van der Waals surface area contributed by atoms with E-state index in [1.54, 1.807) is 15.5 Å². The van der Waals surface area contributed by atoms with Crippen molar-refractivity contribution < 1.29 is 9.59 Å². The Morgan fingerprint density at radius 2 is 1.93 bits per heavy atom. The minimum absolute atomic E-state index is 0.112. The molecule has 1 aromatic carbocycles. The van der Waals surface area contributed by atoms with Crippen LogP contribution in [-0.4, -0.2) is 45.7 Å². The van der Waals surface area contributed by atoms with Crippen LogP contribution in [0.15, 0.2) is 48.7 Å². The van der Waals surface area contributed by atoms with E-state index in [-0.39, 0.29) is 17.6 Å². The van der Waals surface area contributed by atoms with Crippen LogP contribution in [0.3, 0.4) is 0 Å². The number of amides is 2. The Morgan fingerprint density at radius 1 is 1.11 bits per heavy atom. The molecule has 3 heterocycles. The van der Waals surface area contributed by atoms with E-state index in [4.69, 9.17) is 11.6 Å². The van der Waals surface area contributed by atoms with Crippen molar-refractivity contribution in [2.75, 3.05) is 19.6 Å². The molecular weight excluding hydrogens is 376 g/mol. The third-order valence-electron chi connectivity index (χ3n) is 4.94. The van der Waals surface area contributed by atoms with Gasteiger partial charge in [0.2, 0.25) is 5.82 Å². The molecule has 1 saturated heterocycles. The first-order chi connectivity index (χ1) is 13.6. The summed E-state index contributed by atoms with van der Waals surface area (Å²) in [5.74, 6) is -0.188. The number of nitrogens with one attached hydrogen (secondary N) is 1. The molecule has 1 fully saturated rings. The summed E-state index contributed by atoms with van der Waals surface area (Å²) < 4.78 is 1.68. The van der Waals surface area contributed by atoms with Gasteiger partial charge in [0.15, 0.2) is 5.69 Å². The third-order valence-corrected chi connectivity index (χ3v) is 5.17. The lowest BCUT2D eigenvalue weighted by Crippen LogP contribution is -2.29. The molecule has 7 heteroatoms. The van der Waals surface area contributed by atoms with Crippen molar-refractivity contribution in [3.8, 4) is 0 Å². The highest BCUT2D eigenvalue weighted by Gasteiger charge is 2.26. The number of halogens is 1. The van der Waals surface area contributed by atoms with Crippen molar-refractivity contribution >= 4 is 28.9 Å². The minimum atomic E-state index is -0.302. The summed E-state index contributed by atoms with van der Waals surface area (Å²) >= 11 is 6.00. The topological polar surface area (TPSA) is 66.7 Å². The number of likely N-dealkylation sites (tertiary alicyclic amines) is 1. The zero-order valence-corrected chi connectivity index (χ0v) is 16.2. The molecule has 2 aromatic heterocycles. The van der Waals surface area contributed by atoms with Crippen molar-refractivity contribution in [3.05, 3.63) is 70.8 Å². The molecule has 0 atom stereocenters. The summed E-state index contributed by atoms with van der Waals surface area (Å²) in [4.78, 5) is 31.8. The Labute approximate surface area is 168 Å². The molecule has 3 aromatic rings. The second-order valence-electron chi connectivity index (χ2n) is 6.88. The molecule has 4 rings (SSSR count). The number of hydrogen-bond donors (Lipinski definition) is 1. The number of rotatable bonds is 5. The first-order valence-electron chi connectivity index (χ1n) is 9.42. The van der Waals surface area contributed by atoms with Gasteiger partial charge in [0, 0.05) is 30.9 Å². The van der Waals surface area contributed by atoms with Gasteiger partial charge >= 0.3 is 0 Å². The molecule has 1 N–H and O–H groups in total. The fraction of sp³-hybridized carbons (Fsp3) is 0.286. The Balaban J connectivity index is 1.52. The average molecular weight is 397 g/mol. The zero-order valence-electron chi connectivity index (χ0n) is 15.4. The Kier molecular flexibility index (Phi) is 5.30. The highest BCUT2D eigenvalue weighted by molar-refractivity contribution is 6.30. The maximum Gasteiger partial charge on any atom is 0.287 e. The molecule has 1 aliphatic heterocycles. The van der Waals surface area contributed by atoms with Crippen LogP contribution in [-0.2, 0) is 6.42 Å². The standard InChI is InChI=1S/C21H21ClN4O2/c22-16-7-5-6-15(14-16)9-10-23-20(27)19-24-18(17-8-1-2-13-26(17)19)21(28)25-11-3-4-12-25/h1-2,5-8,13-14H,3-4,9-12H2,(H,23,27). The van der Waals surface area contributed by atoms with Gasteiger partial charge in [-0.15, -0.1) is 0 Å². The second kappa shape index (κ2) is 8.02. The maximum atomic E-state index is 12.8. The first kappa shape index (κ1) is 18.5. The highest BCUT2D eigenvalue weighted by Crippen LogP contribution is 2.18. The molecule has 28 heavy (non-hydrogen) atoms. The molecule has 0 saturated carbocycles. The van der Waals surface area contributed by atoms with E-state index < -0.39 is 0 Å². The Hall–Kier alpha value is -2.86. The van der Waals surface area contributed by atoms with Crippen LogP contribution >= 0.6 is 11.6 Å². The lowest BCUT2D eigenvalue weighted by molar-refractivity contribution is 0.0789. The monoisotopic (exact) mass is 396 g/mol. The molecule has 144 valence electrons. The van der Waals surface area contributed by atoms with E-state index in [1.807, 2.05) is 42.5 Å². The number of fused-ring (bicyclic) bond motifs is 1. The van der Waals surface area contributed by atoms with Gasteiger partial charge in [0.25, 0.3) is 11.8 Å². The summed E-state index contributed by atoms with van der Waals surface area (Å²) in [5.41, 5.74) is 2.03. The van der Waals surface area contributed by atoms with Crippen LogP contribution in [0.25, 0.3) is 5.52 Å². The van der Waals surface area contributed by atoms with Crippen molar-refractivity contribution in [2.24, 2.45) is 0 Å². The average Bonchev–Trinajstić information content (AvgIpc) is 3.36. The summed E-state index contributed by atoms with van der Waals surface area (Å²) in [6.45, 7) is 1.94. The maximum absolute atomic E-state index is 12.8. The first-order valence-corrected chi connectivity index (χ1v) is 9.80. The van der Waals surface area contributed by atoms with Crippen molar-refractivity contribution in [1.82, 2.24) is 19.6 Å². The van der Waals surface area contributed by atoms with E-state index in [9.17, 15) is 9.59 Å². The van der Waals surface area contributed by atoms with Crippen molar-refractivity contribution in [2.45, 2.75) is 19.3 Å². The number of imidazole rings is 1. The largest absolute Gasteiger partial charge is 0.349 e. The normalized spacial score (nSPS) is 13.8. The second-order valence-corrected chi connectivity index (χ2v) is 7.31. The molecule has 0 aliphatic carbocycles. The van der Waals surface area contributed by atoms with E-state index >= 15 is 0 Å². The number of benzene rings is 1. The number of carbonyl (C=O) groups is 2. The third kappa shape index (κ3) is 3.73. The van der Waals surface area contributed by atoms with Crippen LogP contribution in [0.4, 0.5) is 0 Å². The van der Waals surface area contributed by atoms with Crippen LogP contribution in [0, 0.1) is 0 Å². The van der Waals surface area contributed by atoms with Gasteiger partial charge in [-0.25, -0.2) is 4.98 Å². The van der Waals surface area contributed by atoms with Gasteiger partial charge in [-0.2, -0.15) is 0 Å². The van der Waals surface area contributed by atoms with E-state index in [1.165, 1.54) is 0 Å². The summed E-state index contributed by atoms with van der Waals surface area (Å²) in [5, 5.41) is 3.56. The van der Waals surface area contributed by atoms with E-state index in [0.29, 0.717) is 29.2 Å². The quantitative estimate of drug-likeness (QED) is 0.720. The van der Waals surface area contributed by atoms with Gasteiger partial charge in [-0.05, 0) is 49.1 Å². The molecule has 0 spiro atoms. The van der Waals surface area contributed by atoms with E-state index in [2.05, 4.69) is 10.3 Å². The number of carbonyl (C=O) groups excluding carboxylic acids is 2. The molecule has 0 bridgehead atoms. The lowest BCUT2D eigenvalue weighted by Gasteiger charge is -2.13. The summed E-state index contributed by atoms with van der Waals surface area (Å²) in [7, 11) is 0. The number of hydrogen-bond acceptors (Lipinski definition) is 3. The molecule has 1 aliphatic rings. The van der Waals surface area contributed by atoms with Crippen LogP contribution in [0.1, 0.15) is 39.5 Å². The number of aromatic nitrogens is 2. The zero-order chi connectivity index (χ0) is 19.5. The van der Waals surface area contributed by atoms with Crippen LogP contribution in [0.2, 0.25) is 5.02 Å². The predicted octanol–water partition coefficient (Wildman–Crippen LogP) is 3.20. The molecule has 2 amide bonds.